The van der Waals surface area contributed by atoms with Crippen molar-refractivity contribution in [1.29, 1.82) is 0 Å². The van der Waals surface area contributed by atoms with Gasteiger partial charge in [0.1, 0.15) is 11.6 Å². The Morgan fingerprint density at radius 2 is 1.90 bits per heavy atom. The Balaban J connectivity index is 1.47. The van der Waals surface area contributed by atoms with Crippen LogP contribution in [0.5, 0.6) is 5.75 Å². The first-order valence-corrected chi connectivity index (χ1v) is 9.82. The Kier molecular flexibility index (Phi) is 5.39. The molecular weight excluding hydrogens is 389 g/mol. The standard InChI is InChI=1S/C22H22FN3O4/c1-30-19-12-15(8-9-18(19)25-10-4-7-20(25)27)24-22(29)14-11-21(28)26(13-14)17-6-3-2-5-16(17)23/h2-3,5-6,8-9,12,14H,4,7,10-11,13H2,1H3,(H,24,29)/t14-/m1/s1. The van der Waals surface area contributed by atoms with Gasteiger partial charge in [0.25, 0.3) is 0 Å². The van der Waals surface area contributed by atoms with Crippen molar-refractivity contribution in [3.05, 3.63) is 48.3 Å². The van der Waals surface area contributed by atoms with Crippen LogP contribution in [0.4, 0.5) is 21.5 Å². The van der Waals surface area contributed by atoms with Gasteiger partial charge in [-0.05, 0) is 30.7 Å². The van der Waals surface area contributed by atoms with Crippen molar-refractivity contribution in [3.8, 4) is 5.75 Å². The molecule has 30 heavy (non-hydrogen) atoms. The van der Waals surface area contributed by atoms with Gasteiger partial charge in [0.15, 0.2) is 0 Å². The lowest BCUT2D eigenvalue weighted by atomic mass is 10.1. The minimum atomic E-state index is -0.595. The summed E-state index contributed by atoms with van der Waals surface area (Å²) in [7, 11) is 1.51. The van der Waals surface area contributed by atoms with Crippen molar-refractivity contribution >= 4 is 34.8 Å². The number of ether oxygens (including phenoxy) is 1. The number of benzene rings is 2. The van der Waals surface area contributed by atoms with Crippen LogP contribution in [0.1, 0.15) is 19.3 Å². The normalized spacial score (nSPS) is 18.8. The van der Waals surface area contributed by atoms with Gasteiger partial charge in [-0.15, -0.1) is 0 Å². The zero-order chi connectivity index (χ0) is 21.3. The molecule has 2 aliphatic rings. The molecule has 2 fully saturated rings. The minimum Gasteiger partial charge on any atom is -0.494 e. The van der Waals surface area contributed by atoms with Crippen LogP contribution in [0.25, 0.3) is 0 Å². The van der Waals surface area contributed by atoms with Crippen molar-refractivity contribution in [2.24, 2.45) is 5.92 Å². The molecule has 3 amide bonds. The summed E-state index contributed by atoms with van der Waals surface area (Å²) in [6.45, 7) is 0.750. The summed E-state index contributed by atoms with van der Waals surface area (Å²) >= 11 is 0. The number of anilines is 3. The van der Waals surface area contributed by atoms with Gasteiger partial charge in [0.2, 0.25) is 17.7 Å². The number of para-hydroxylation sites is 1. The fraction of sp³-hybridized carbons (Fsp3) is 0.318. The molecule has 2 aromatic carbocycles. The second kappa shape index (κ2) is 8.14. The van der Waals surface area contributed by atoms with E-state index in [0.29, 0.717) is 30.1 Å². The SMILES string of the molecule is COc1cc(NC(=O)[C@@H]2CC(=O)N(c3ccccc3F)C2)ccc1N1CCCC1=O. The van der Waals surface area contributed by atoms with E-state index in [1.165, 1.54) is 24.1 Å². The zero-order valence-corrected chi connectivity index (χ0v) is 16.6. The Bertz CT molecular complexity index is 1010. The molecule has 0 spiro atoms. The molecule has 0 bridgehead atoms. The molecule has 0 aliphatic carbocycles. The molecule has 2 heterocycles. The van der Waals surface area contributed by atoms with Crippen LogP contribution in [-0.4, -0.2) is 37.9 Å². The van der Waals surface area contributed by atoms with Crippen LogP contribution in [0.2, 0.25) is 0 Å². The number of carbonyl (C=O) groups excluding carboxylic acids is 3. The van der Waals surface area contributed by atoms with Crippen molar-refractivity contribution in [1.82, 2.24) is 0 Å². The lowest BCUT2D eigenvalue weighted by Gasteiger charge is -2.20. The molecule has 0 saturated carbocycles. The minimum absolute atomic E-state index is 0.0116. The number of rotatable bonds is 5. The monoisotopic (exact) mass is 411 g/mol. The van der Waals surface area contributed by atoms with Crippen LogP contribution in [0.3, 0.4) is 0 Å². The van der Waals surface area contributed by atoms with Crippen LogP contribution < -0.4 is 19.9 Å². The summed E-state index contributed by atoms with van der Waals surface area (Å²) < 4.78 is 19.4. The van der Waals surface area contributed by atoms with Gasteiger partial charge < -0.3 is 19.9 Å². The number of nitrogens with zero attached hydrogens (tertiary/aromatic N) is 2. The maximum absolute atomic E-state index is 14.0. The first-order valence-electron chi connectivity index (χ1n) is 9.82. The predicted molar refractivity (Wildman–Crippen MR) is 110 cm³/mol. The molecule has 0 unspecified atom stereocenters. The highest BCUT2D eigenvalue weighted by atomic mass is 19.1. The number of nitrogens with one attached hydrogen (secondary N) is 1. The van der Waals surface area contributed by atoms with E-state index in [-0.39, 0.29) is 36.4 Å². The second-order valence-electron chi connectivity index (χ2n) is 7.38. The van der Waals surface area contributed by atoms with E-state index in [1.807, 2.05) is 0 Å². The third-order valence-corrected chi connectivity index (χ3v) is 5.45. The number of amides is 3. The van der Waals surface area contributed by atoms with E-state index in [4.69, 9.17) is 4.74 Å². The fourth-order valence-corrected chi connectivity index (χ4v) is 3.91. The average molecular weight is 411 g/mol. The first kappa shape index (κ1) is 19.9. The summed E-state index contributed by atoms with van der Waals surface area (Å²) in [5, 5.41) is 2.80. The second-order valence-corrected chi connectivity index (χ2v) is 7.38. The Morgan fingerprint density at radius 3 is 2.60 bits per heavy atom. The highest BCUT2D eigenvalue weighted by molar-refractivity contribution is 6.04. The van der Waals surface area contributed by atoms with Gasteiger partial charge in [-0.2, -0.15) is 0 Å². The molecule has 2 aromatic rings. The van der Waals surface area contributed by atoms with E-state index in [2.05, 4.69) is 5.32 Å². The summed E-state index contributed by atoms with van der Waals surface area (Å²) in [5.74, 6) is -1.18. The summed E-state index contributed by atoms with van der Waals surface area (Å²) in [5.41, 5.74) is 1.35. The van der Waals surface area contributed by atoms with Crippen LogP contribution in [-0.2, 0) is 14.4 Å². The van der Waals surface area contributed by atoms with Crippen LogP contribution >= 0.6 is 0 Å². The van der Waals surface area contributed by atoms with Gasteiger partial charge in [-0.25, -0.2) is 4.39 Å². The summed E-state index contributed by atoms with van der Waals surface area (Å²) in [6, 6.07) is 11.1. The van der Waals surface area contributed by atoms with Gasteiger partial charge in [0, 0.05) is 37.7 Å². The largest absolute Gasteiger partial charge is 0.494 e. The van der Waals surface area contributed by atoms with Crippen molar-refractivity contribution in [2.75, 3.05) is 35.3 Å². The quantitative estimate of drug-likeness (QED) is 0.821. The van der Waals surface area contributed by atoms with Gasteiger partial charge in [-0.3, -0.25) is 14.4 Å². The molecule has 2 saturated heterocycles. The number of carbonyl (C=O) groups is 3. The van der Waals surface area contributed by atoms with E-state index < -0.39 is 11.7 Å². The van der Waals surface area contributed by atoms with Gasteiger partial charge in [0.05, 0.1) is 24.4 Å². The molecule has 1 atom stereocenters. The van der Waals surface area contributed by atoms with Crippen LogP contribution in [0, 0.1) is 11.7 Å². The third-order valence-electron chi connectivity index (χ3n) is 5.45. The Labute approximate surface area is 173 Å². The predicted octanol–water partition coefficient (Wildman–Crippen LogP) is 2.95. The van der Waals surface area contributed by atoms with E-state index in [1.54, 1.807) is 35.2 Å². The van der Waals surface area contributed by atoms with E-state index in [9.17, 15) is 18.8 Å². The third kappa shape index (κ3) is 3.72. The number of methoxy groups -OCH3 is 1. The van der Waals surface area contributed by atoms with E-state index >= 15 is 0 Å². The molecule has 0 radical (unpaired) electrons. The lowest BCUT2D eigenvalue weighted by molar-refractivity contribution is -0.122. The van der Waals surface area contributed by atoms with Gasteiger partial charge in [-0.1, -0.05) is 12.1 Å². The maximum atomic E-state index is 14.0. The molecule has 156 valence electrons. The van der Waals surface area contributed by atoms with E-state index in [0.717, 1.165) is 6.42 Å². The van der Waals surface area contributed by atoms with Crippen molar-refractivity contribution in [3.63, 3.8) is 0 Å². The fourth-order valence-electron chi connectivity index (χ4n) is 3.91. The molecular formula is C22H22FN3O4. The first-order chi connectivity index (χ1) is 14.5. The summed E-state index contributed by atoms with van der Waals surface area (Å²) in [6.07, 6.45) is 1.32. The number of hydrogen-bond donors (Lipinski definition) is 1. The molecule has 8 heteroatoms. The smallest absolute Gasteiger partial charge is 0.229 e. The average Bonchev–Trinajstić information content (AvgIpc) is 3.34. The molecule has 0 aromatic heterocycles. The van der Waals surface area contributed by atoms with Crippen LogP contribution in [0.15, 0.2) is 42.5 Å². The number of hydrogen-bond acceptors (Lipinski definition) is 4. The summed E-state index contributed by atoms with van der Waals surface area (Å²) in [4.78, 5) is 40.1. The molecule has 2 aliphatic heterocycles. The molecule has 4 rings (SSSR count). The molecule has 7 nitrogen and oxygen atoms in total. The Hall–Kier alpha value is -3.42. The molecule has 1 N–H and O–H groups in total. The lowest BCUT2D eigenvalue weighted by Crippen LogP contribution is -2.28. The maximum Gasteiger partial charge on any atom is 0.229 e. The van der Waals surface area contributed by atoms with Crippen molar-refractivity contribution in [2.45, 2.75) is 19.3 Å². The zero-order valence-electron chi connectivity index (χ0n) is 16.6. The van der Waals surface area contributed by atoms with Gasteiger partial charge >= 0.3 is 0 Å². The highest BCUT2D eigenvalue weighted by Crippen LogP contribution is 2.34. The highest BCUT2D eigenvalue weighted by Gasteiger charge is 2.36. The topological polar surface area (TPSA) is 79.0 Å². The Morgan fingerprint density at radius 1 is 1.10 bits per heavy atom. The number of halogens is 1. The van der Waals surface area contributed by atoms with Crippen molar-refractivity contribution < 1.29 is 23.5 Å².